The summed E-state index contributed by atoms with van der Waals surface area (Å²) < 4.78 is 0. The second kappa shape index (κ2) is 42.8. The molecule has 0 saturated heterocycles. The van der Waals surface area contributed by atoms with Crippen LogP contribution in [0.5, 0.6) is 0 Å². The molecule has 0 unspecified atom stereocenters. The number of allylic oxidation sites excluding steroid dienone is 4. The van der Waals surface area contributed by atoms with Gasteiger partial charge in [0.1, 0.15) is 0 Å². The number of aliphatic carboxylic acids is 2. The predicted molar refractivity (Wildman–Crippen MR) is 196 cm³/mol. The van der Waals surface area contributed by atoms with Gasteiger partial charge in [0.05, 0.1) is 0 Å². The maximum Gasteiger partial charge on any atom is 2.00 e. The first-order chi connectivity index (χ1) is 23.1. The number of unbranched alkanes of at least 4 members (excludes halogenated alkanes) is 22. The van der Waals surface area contributed by atoms with E-state index >= 15 is 0 Å². The summed E-state index contributed by atoms with van der Waals surface area (Å²) in [6, 6.07) is 0. The molecule has 0 aromatic rings. The van der Waals surface area contributed by atoms with E-state index in [0.29, 0.717) is 6.54 Å². The summed E-state index contributed by atoms with van der Waals surface area (Å²) in [5.74, 6) is -1.84. The van der Waals surface area contributed by atoms with Gasteiger partial charge in [-0.1, -0.05) is 114 Å². The van der Waals surface area contributed by atoms with E-state index in [4.69, 9.17) is 5.73 Å². The van der Waals surface area contributed by atoms with Crippen molar-refractivity contribution in [1.82, 2.24) is 10.2 Å². The molecule has 282 valence electrons. The van der Waals surface area contributed by atoms with Gasteiger partial charge in [-0.3, -0.25) is 0 Å². The summed E-state index contributed by atoms with van der Waals surface area (Å²) in [5, 5.41) is 24.3. The Morgan fingerprint density at radius 1 is 0.458 bits per heavy atom. The SMILES string of the molecule is NCCNCCN(CCCCCCCC/C=C\CCCCCCCC(=O)[O-])CCCCCCCC/C=C\CCCCCCCC(=O)[O-].[Gd+2]. The number of carbonyl (C=O) groups is 2. The number of carboxylic acids is 2. The topological polar surface area (TPSA) is 122 Å². The van der Waals surface area contributed by atoms with E-state index in [-0.39, 0.29) is 52.8 Å². The minimum atomic E-state index is -0.922. The van der Waals surface area contributed by atoms with Gasteiger partial charge in [0, 0.05) is 38.1 Å². The zero-order chi connectivity index (χ0) is 34.3. The first-order valence-electron chi connectivity index (χ1n) is 19.9. The summed E-state index contributed by atoms with van der Waals surface area (Å²) in [4.78, 5) is 23.5. The van der Waals surface area contributed by atoms with Crippen LogP contribution < -0.4 is 21.3 Å². The van der Waals surface area contributed by atoms with E-state index in [1.54, 1.807) is 0 Å². The minimum Gasteiger partial charge on any atom is -0.550 e. The Morgan fingerprint density at radius 3 is 1.10 bits per heavy atom. The second-order valence-electron chi connectivity index (χ2n) is 13.5. The van der Waals surface area contributed by atoms with E-state index in [0.717, 1.165) is 71.0 Å². The van der Waals surface area contributed by atoms with Gasteiger partial charge >= 0.3 is 39.9 Å². The molecule has 3 N–H and O–H groups in total. The molecule has 0 aromatic heterocycles. The largest absolute Gasteiger partial charge is 2.00 e. The molecule has 0 atom stereocenters. The molecule has 48 heavy (non-hydrogen) atoms. The Hall–Kier alpha value is -0.375. The van der Waals surface area contributed by atoms with Crippen LogP contribution in [0, 0.1) is 39.9 Å². The van der Waals surface area contributed by atoms with Gasteiger partial charge in [-0.25, -0.2) is 0 Å². The van der Waals surface area contributed by atoms with Crippen molar-refractivity contribution in [3.05, 3.63) is 24.3 Å². The van der Waals surface area contributed by atoms with Gasteiger partial charge in [-0.05, 0) is 103 Å². The molecule has 7 nitrogen and oxygen atoms in total. The van der Waals surface area contributed by atoms with E-state index < -0.39 is 11.9 Å². The third kappa shape index (κ3) is 43.6. The first kappa shape index (κ1) is 49.7. The third-order valence-corrected chi connectivity index (χ3v) is 8.95. The quantitative estimate of drug-likeness (QED) is 0.0491. The maximum absolute atomic E-state index is 10.4. The summed E-state index contributed by atoms with van der Waals surface area (Å²) >= 11 is 0. The summed E-state index contributed by atoms with van der Waals surface area (Å²) in [5.41, 5.74) is 5.65. The number of nitrogens with two attached hydrogens (primary N) is 1. The molecule has 0 heterocycles. The molecule has 0 bridgehead atoms. The van der Waals surface area contributed by atoms with Crippen molar-refractivity contribution in [3.8, 4) is 0 Å². The van der Waals surface area contributed by atoms with E-state index in [9.17, 15) is 19.8 Å². The standard InChI is InChI=1S/C40H77N3O4.Gd/c41-33-34-42-35-38-43(36-29-25-21-17-13-9-5-1-3-7-11-15-19-23-27-31-39(44)45)37-30-26-22-18-14-10-6-2-4-8-12-16-20-24-28-32-40(46)47;/h1-4,42H,5-38,41H2,(H,44,45)(H,46,47);/q;+2/p-2/b3-1-,4-2-;. The van der Waals surface area contributed by atoms with Crippen LogP contribution in [0.25, 0.3) is 0 Å². The molecular weight excluding hydrogens is 744 g/mol. The smallest absolute Gasteiger partial charge is 0.550 e. The minimum absolute atomic E-state index is 0. The molecule has 8 heteroatoms. The molecule has 0 aliphatic rings. The Bertz CT molecular complexity index is 681. The summed E-state index contributed by atoms with van der Waals surface area (Å²) in [6.45, 7) is 6.22. The Labute approximate surface area is 328 Å². The molecule has 0 rings (SSSR count). The normalized spacial score (nSPS) is 11.6. The van der Waals surface area contributed by atoms with Gasteiger partial charge in [0.15, 0.2) is 0 Å². The van der Waals surface area contributed by atoms with Crippen LogP contribution >= 0.6 is 0 Å². The van der Waals surface area contributed by atoms with Gasteiger partial charge in [-0.2, -0.15) is 0 Å². The monoisotopic (exact) mass is 819 g/mol. The first-order valence-corrected chi connectivity index (χ1v) is 19.9. The van der Waals surface area contributed by atoms with E-state index in [1.807, 2.05) is 0 Å². The fourth-order valence-electron chi connectivity index (χ4n) is 6.00. The van der Waals surface area contributed by atoms with Crippen LogP contribution in [0.15, 0.2) is 24.3 Å². The van der Waals surface area contributed by atoms with Crippen LogP contribution in [-0.2, 0) is 9.59 Å². The maximum atomic E-state index is 10.4. The number of hydrogen-bond donors (Lipinski definition) is 2. The number of carboxylic acid groups (broad SMARTS) is 2. The molecule has 0 radical (unpaired) electrons. The second-order valence-corrected chi connectivity index (χ2v) is 13.5. The van der Waals surface area contributed by atoms with E-state index in [2.05, 4.69) is 34.5 Å². The zero-order valence-electron chi connectivity index (χ0n) is 30.9. The number of nitrogens with one attached hydrogen (secondary N) is 1. The molecule has 0 saturated carbocycles. The number of hydrogen-bond acceptors (Lipinski definition) is 7. The zero-order valence-corrected chi connectivity index (χ0v) is 33.1. The number of nitrogens with zero attached hydrogens (tertiary/aromatic N) is 1. The Morgan fingerprint density at radius 2 is 0.771 bits per heavy atom. The third-order valence-electron chi connectivity index (χ3n) is 8.95. The van der Waals surface area contributed by atoms with Crippen molar-refractivity contribution < 1.29 is 59.7 Å². The fraction of sp³-hybridized carbons (Fsp3) is 0.850. The summed E-state index contributed by atoms with van der Waals surface area (Å²) in [6.07, 6.45) is 41.1. The van der Waals surface area contributed by atoms with Gasteiger partial charge in [0.25, 0.3) is 0 Å². The van der Waals surface area contributed by atoms with Crippen molar-refractivity contribution in [3.63, 3.8) is 0 Å². The van der Waals surface area contributed by atoms with Gasteiger partial charge in [0.2, 0.25) is 0 Å². The fourth-order valence-corrected chi connectivity index (χ4v) is 6.00. The molecule has 0 aliphatic carbocycles. The molecule has 0 fully saturated rings. The van der Waals surface area contributed by atoms with Crippen molar-refractivity contribution in [1.29, 1.82) is 0 Å². The molecule has 0 spiro atoms. The van der Waals surface area contributed by atoms with E-state index in [1.165, 1.54) is 129 Å². The predicted octanol–water partition coefficient (Wildman–Crippen LogP) is 7.37. The van der Waals surface area contributed by atoms with Crippen LogP contribution in [0.4, 0.5) is 0 Å². The average Bonchev–Trinajstić information content (AvgIpc) is 3.05. The van der Waals surface area contributed by atoms with Gasteiger partial charge < -0.3 is 35.8 Å². The van der Waals surface area contributed by atoms with Crippen molar-refractivity contribution in [2.45, 2.75) is 180 Å². The van der Waals surface area contributed by atoms with Crippen molar-refractivity contribution >= 4 is 11.9 Å². The Balaban J connectivity index is 0. The number of carbonyl (C=O) groups excluding carboxylic acids is 2. The summed E-state index contributed by atoms with van der Waals surface area (Å²) in [7, 11) is 0. The Kier molecular flexibility index (Phi) is 44.3. The van der Waals surface area contributed by atoms with Crippen LogP contribution in [0.1, 0.15) is 180 Å². The molecule has 0 amide bonds. The average molecular weight is 819 g/mol. The molecule has 0 aromatic carbocycles. The van der Waals surface area contributed by atoms with Gasteiger partial charge in [-0.15, -0.1) is 0 Å². The van der Waals surface area contributed by atoms with Crippen molar-refractivity contribution in [2.75, 3.05) is 39.3 Å². The van der Waals surface area contributed by atoms with Crippen LogP contribution in [-0.4, -0.2) is 56.1 Å². The van der Waals surface area contributed by atoms with Crippen LogP contribution in [0.3, 0.4) is 0 Å². The van der Waals surface area contributed by atoms with Crippen molar-refractivity contribution in [2.24, 2.45) is 5.73 Å². The van der Waals surface area contributed by atoms with Crippen LogP contribution in [0.2, 0.25) is 0 Å². The number of rotatable bonds is 39. The molecular formula is C40H75GdN3O4. The molecule has 0 aliphatic heterocycles.